The van der Waals surface area contributed by atoms with E-state index in [1.165, 1.54) is 25.7 Å². The lowest BCUT2D eigenvalue weighted by molar-refractivity contribution is 0.0527. The van der Waals surface area contributed by atoms with Gasteiger partial charge in [-0.3, -0.25) is 0 Å². The van der Waals surface area contributed by atoms with Crippen molar-refractivity contribution in [1.29, 1.82) is 0 Å². The fraction of sp³-hybridized carbons (Fsp3) is 0.941. The van der Waals surface area contributed by atoms with Crippen LogP contribution in [-0.2, 0) is 4.74 Å². The van der Waals surface area contributed by atoms with Crippen molar-refractivity contribution in [2.45, 2.75) is 78.4 Å². The van der Waals surface area contributed by atoms with Gasteiger partial charge in [0.05, 0.1) is 0 Å². The molecule has 0 aromatic rings. The average molecular weight is 298 g/mol. The summed E-state index contributed by atoms with van der Waals surface area (Å²) in [6.45, 7) is 11.9. The van der Waals surface area contributed by atoms with Gasteiger partial charge in [0.1, 0.15) is 5.60 Å². The molecule has 1 fully saturated rings. The van der Waals surface area contributed by atoms with Crippen LogP contribution in [0.4, 0.5) is 4.79 Å². The summed E-state index contributed by atoms with van der Waals surface area (Å²) in [7, 11) is 0. The molecule has 0 spiro atoms. The normalized spacial score (nSPS) is 23.1. The monoisotopic (exact) mass is 298 g/mol. The first-order valence-electron chi connectivity index (χ1n) is 8.48. The molecule has 21 heavy (non-hydrogen) atoms. The lowest BCUT2D eigenvalue weighted by Crippen LogP contribution is -2.37. The first-order valence-corrected chi connectivity index (χ1v) is 8.48. The third-order valence-electron chi connectivity index (χ3n) is 4.17. The van der Waals surface area contributed by atoms with Crippen molar-refractivity contribution in [3.8, 4) is 0 Å². The van der Waals surface area contributed by atoms with Crippen molar-refractivity contribution in [3.63, 3.8) is 0 Å². The Kier molecular flexibility index (Phi) is 7.50. The van der Waals surface area contributed by atoms with Gasteiger partial charge in [-0.2, -0.15) is 0 Å². The van der Waals surface area contributed by atoms with Crippen molar-refractivity contribution >= 4 is 6.09 Å². The Morgan fingerprint density at radius 3 is 2.29 bits per heavy atom. The van der Waals surface area contributed by atoms with Gasteiger partial charge in [0, 0.05) is 12.6 Å². The lowest BCUT2D eigenvalue weighted by Gasteiger charge is -2.31. The van der Waals surface area contributed by atoms with Gasteiger partial charge >= 0.3 is 6.09 Å². The molecule has 1 aliphatic carbocycles. The minimum Gasteiger partial charge on any atom is -0.444 e. The molecule has 0 atom stereocenters. The fourth-order valence-electron chi connectivity index (χ4n) is 2.89. The number of hydrogen-bond acceptors (Lipinski definition) is 3. The van der Waals surface area contributed by atoms with Crippen molar-refractivity contribution in [2.75, 3.05) is 13.1 Å². The molecule has 1 amide bonds. The Morgan fingerprint density at radius 1 is 1.14 bits per heavy atom. The van der Waals surface area contributed by atoms with E-state index in [-0.39, 0.29) is 6.09 Å². The van der Waals surface area contributed by atoms with E-state index >= 15 is 0 Å². The predicted molar refractivity (Wildman–Crippen MR) is 87.4 cm³/mol. The van der Waals surface area contributed by atoms with E-state index < -0.39 is 5.60 Å². The average Bonchev–Trinajstić information content (AvgIpc) is 2.36. The van der Waals surface area contributed by atoms with Crippen molar-refractivity contribution < 1.29 is 9.53 Å². The highest BCUT2D eigenvalue weighted by Crippen LogP contribution is 2.29. The summed E-state index contributed by atoms with van der Waals surface area (Å²) in [6.07, 6.45) is 5.92. The van der Waals surface area contributed by atoms with E-state index in [4.69, 9.17) is 4.74 Å². The van der Waals surface area contributed by atoms with Crippen LogP contribution in [0.2, 0.25) is 0 Å². The standard InChI is InChI=1S/C17H34N2O2/c1-13(2)14-7-9-15(10-8-14)18-11-6-12-19-16(20)21-17(3,4)5/h13-15,18H,6-12H2,1-5H3,(H,19,20). The molecule has 1 saturated carbocycles. The van der Waals surface area contributed by atoms with Crippen LogP contribution in [0.25, 0.3) is 0 Å². The van der Waals surface area contributed by atoms with Gasteiger partial charge in [0.2, 0.25) is 0 Å². The van der Waals surface area contributed by atoms with Crippen LogP contribution < -0.4 is 10.6 Å². The third kappa shape index (κ3) is 8.30. The van der Waals surface area contributed by atoms with Gasteiger partial charge in [-0.1, -0.05) is 13.8 Å². The summed E-state index contributed by atoms with van der Waals surface area (Å²) in [5, 5.41) is 6.41. The summed E-state index contributed by atoms with van der Waals surface area (Å²) < 4.78 is 5.20. The third-order valence-corrected chi connectivity index (χ3v) is 4.17. The molecule has 2 N–H and O–H groups in total. The Hall–Kier alpha value is -0.770. The van der Waals surface area contributed by atoms with Crippen LogP contribution in [0.5, 0.6) is 0 Å². The predicted octanol–water partition coefficient (Wildman–Crippen LogP) is 3.71. The van der Waals surface area contributed by atoms with Gasteiger partial charge < -0.3 is 15.4 Å². The molecule has 4 heteroatoms. The second-order valence-electron chi connectivity index (χ2n) is 7.59. The van der Waals surface area contributed by atoms with E-state index in [1.807, 2.05) is 20.8 Å². The number of hydrogen-bond donors (Lipinski definition) is 2. The highest BCUT2D eigenvalue weighted by Gasteiger charge is 2.22. The number of nitrogens with one attached hydrogen (secondary N) is 2. The van der Waals surface area contributed by atoms with E-state index in [9.17, 15) is 4.79 Å². The van der Waals surface area contributed by atoms with Gasteiger partial charge in [-0.05, 0) is 71.3 Å². The van der Waals surface area contributed by atoms with Crippen molar-refractivity contribution in [1.82, 2.24) is 10.6 Å². The highest BCUT2D eigenvalue weighted by atomic mass is 16.6. The molecule has 0 aromatic carbocycles. The maximum atomic E-state index is 11.5. The summed E-state index contributed by atoms with van der Waals surface area (Å²) in [4.78, 5) is 11.5. The second-order valence-corrected chi connectivity index (χ2v) is 7.59. The molecule has 0 unspecified atom stereocenters. The molecule has 0 aliphatic heterocycles. The van der Waals surface area contributed by atoms with E-state index in [0.29, 0.717) is 12.6 Å². The first kappa shape index (κ1) is 18.3. The van der Waals surface area contributed by atoms with Crippen LogP contribution in [-0.4, -0.2) is 30.8 Å². The summed E-state index contributed by atoms with van der Waals surface area (Å²) in [5.74, 6) is 1.74. The summed E-state index contributed by atoms with van der Waals surface area (Å²) in [5.41, 5.74) is -0.419. The SMILES string of the molecule is CC(C)C1CCC(NCCCNC(=O)OC(C)(C)C)CC1. The largest absolute Gasteiger partial charge is 0.444 e. The Labute approximate surface area is 130 Å². The molecular formula is C17H34N2O2. The fourth-order valence-corrected chi connectivity index (χ4v) is 2.89. The zero-order valence-corrected chi connectivity index (χ0v) is 14.5. The molecule has 1 rings (SSSR count). The molecule has 0 radical (unpaired) electrons. The summed E-state index contributed by atoms with van der Waals surface area (Å²) >= 11 is 0. The number of rotatable bonds is 6. The first-order chi connectivity index (χ1) is 9.78. The molecule has 0 bridgehead atoms. The maximum Gasteiger partial charge on any atom is 0.407 e. The van der Waals surface area contributed by atoms with E-state index in [0.717, 1.165) is 24.8 Å². The topological polar surface area (TPSA) is 50.4 Å². The molecular weight excluding hydrogens is 264 g/mol. The van der Waals surface area contributed by atoms with Gasteiger partial charge in [-0.15, -0.1) is 0 Å². The number of carbonyl (C=O) groups excluding carboxylic acids is 1. The van der Waals surface area contributed by atoms with Crippen LogP contribution in [0.3, 0.4) is 0 Å². The Bertz CT molecular complexity index is 302. The zero-order chi connectivity index (χ0) is 15.9. The quantitative estimate of drug-likeness (QED) is 0.735. The Balaban J connectivity index is 2.01. The zero-order valence-electron chi connectivity index (χ0n) is 14.5. The van der Waals surface area contributed by atoms with Crippen LogP contribution >= 0.6 is 0 Å². The number of amides is 1. The van der Waals surface area contributed by atoms with Crippen LogP contribution in [0.1, 0.15) is 66.7 Å². The highest BCUT2D eigenvalue weighted by molar-refractivity contribution is 5.67. The molecule has 0 saturated heterocycles. The van der Waals surface area contributed by atoms with Crippen molar-refractivity contribution in [3.05, 3.63) is 0 Å². The second kappa shape index (κ2) is 8.62. The molecule has 0 aromatic heterocycles. The van der Waals surface area contributed by atoms with Gasteiger partial charge in [-0.25, -0.2) is 4.79 Å². The number of carbonyl (C=O) groups is 1. The molecule has 4 nitrogen and oxygen atoms in total. The van der Waals surface area contributed by atoms with Crippen LogP contribution in [0.15, 0.2) is 0 Å². The van der Waals surface area contributed by atoms with Gasteiger partial charge in [0.25, 0.3) is 0 Å². The maximum absolute atomic E-state index is 11.5. The molecule has 124 valence electrons. The van der Waals surface area contributed by atoms with E-state index in [2.05, 4.69) is 24.5 Å². The van der Waals surface area contributed by atoms with Crippen molar-refractivity contribution in [2.24, 2.45) is 11.8 Å². The van der Waals surface area contributed by atoms with Crippen LogP contribution in [0, 0.1) is 11.8 Å². The number of alkyl carbamates (subject to hydrolysis) is 1. The van der Waals surface area contributed by atoms with Gasteiger partial charge in [0.15, 0.2) is 0 Å². The minimum absolute atomic E-state index is 0.319. The summed E-state index contributed by atoms with van der Waals surface area (Å²) in [6, 6.07) is 0.668. The minimum atomic E-state index is -0.419. The Morgan fingerprint density at radius 2 is 1.76 bits per heavy atom. The van der Waals surface area contributed by atoms with E-state index in [1.54, 1.807) is 0 Å². The molecule has 1 aliphatic rings. The lowest BCUT2D eigenvalue weighted by atomic mass is 9.80. The number of ether oxygens (including phenoxy) is 1. The molecule has 0 heterocycles. The smallest absolute Gasteiger partial charge is 0.407 e.